The van der Waals surface area contributed by atoms with Gasteiger partial charge in [0.1, 0.15) is 0 Å². The average Bonchev–Trinajstić information content (AvgIpc) is 2.55. The number of benzene rings is 1. The van der Waals surface area contributed by atoms with Crippen LogP contribution in [0.15, 0.2) is 29.2 Å². The maximum Gasteiger partial charge on any atom is 0.233 e. The molecular weight excluding hydrogens is 244 g/mol. The first-order chi connectivity index (χ1) is 8.66. The van der Waals surface area contributed by atoms with Gasteiger partial charge in [-0.1, -0.05) is 18.6 Å². The lowest BCUT2D eigenvalue weighted by molar-refractivity contribution is -0.120. The lowest BCUT2D eigenvalue weighted by Crippen LogP contribution is -2.30. The van der Waals surface area contributed by atoms with Crippen LogP contribution in [0, 0.1) is 0 Å². The van der Waals surface area contributed by atoms with E-state index in [2.05, 4.69) is 17.4 Å². The highest BCUT2D eigenvalue weighted by Crippen LogP contribution is 2.29. The van der Waals surface area contributed by atoms with Crippen LogP contribution >= 0.6 is 11.8 Å². The number of rotatable bonds is 3. The highest BCUT2D eigenvalue weighted by atomic mass is 32.2. The normalized spacial score (nSPS) is 22.1. The molecule has 2 rings (SSSR count). The van der Waals surface area contributed by atoms with Gasteiger partial charge in [0.05, 0.1) is 5.25 Å². The zero-order chi connectivity index (χ0) is 13.0. The van der Waals surface area contributed by atoms with E-state index in [4.69, 9.17) is 5.73 Å². The second kappa shape index (κ2) is 6.25. The quantitative estimate of drug-likeness (QED) is 0.882. The van der Waals surface area contributed by atoms with Crippen LogP contribution in [0.25, 0.3) is 0 Å². The molecule has 0 aliphatic carbocycles. The number of carbonyl (C=O) groups is 1. The fourth-order valence-corrected chi connectivity index (χ4v) is 3.22. The average molecular weight is 264 g/mol. The van der Waals surface area contributed by atoms with Crippen LogP contribution in [0.3, 0.4) is 0 Å². The molecule has 1 aliphatic heterocycles. The monoisotopic (exact) mass is 264 g/mol. The van der Waals surface area contributed by atoms with Crippen molar-refractivity contribution in [2.75, 3.05) is 6.54 Å². The molecule has 1 heterocycles. The SMILES string of the molecule is CC(N)c1cccc(SC2CCCCNC2=O)c1. The van der Waals surface area contributed by atoms with Crippen LogP contribution in [-0.4, -0.2) is 17.7 Å². The number of carbonyl (C=O) groups excluding carboxylic acids is 1. The molecular formula is C14H20N2OS. The molecule has 18 heavy (non-hydrogen) atoms. The summed E-state index contributed by atoms with van der Waals surface area (Å²) in [4.78, 5) is 13.0. The molecule has 98 valence electrons. The van der Waals surface area contributed by atoms with Crippen molar-refractivity contribution in [3.05, 3.63) is 29.8 Å². The van der Waals surface area contributed by atoms with E-state index < -0.39 is 0 Å². The number of thioether (sulfide) groups is 1. The Bertz CT molecular complexity index is 420. The Labute approximate surface area is 113 Å². The second-order valence-electron chi connectivity index (χ2n) is 4.75. The number of nitrogens with one attached hydrogen (secondary N) is 1. The first-order valence-electron chi connectivity index (χ1n) is 6.47. The number of amides is 1. The molecule has 4 heteroatoms. The smallest absolute Gasteiger partial charge is 0.233 e. The number of hydrogen-bond donors (Lipinski definition) is 2. The Morgan fingerprint density at radius 1 is 1.44 bits per heavy atom. The molecule has 0 bridgehead atoms. The van der Waals surface area contributed by atoms with Gasteiger partial charge in [-0.05, 0) is 37.5 Å². The van der Waals surface area contributed by atoms with Gasteiger partial charge in [0.15, 0.2) is 0 Å². The van der Waals surface area contributed by atoms with Gasteiger partial charge in [0, 0.05) is 17.5 Å². The molecule has 1 aromatic rings. The summed E-state index contributed by atoms with van der Waals surface area (Å²) < 4.78 is 0. The lowest BCUT2D eigenvalue weighted by Gasteiger charge is -2.14. The summed E-state index contributed by atoms with van der Waals surface area (Å²) in [6.07, 6.45) is 3.16. The van der Waals surface area contributed by atoms with Crippen molar-refractivity contribution in [2.45, 2.75) is 42.4 Å². The fourth-order valence-electron chi connectivity index (χ4n) is 2.06. The first kappa shape index (κ1) is 13.4. The predicted molar refractivity (Wildman–Crippen MR) is 75.6 cm³/mol. The molecule has 3 nitrogen and oxygen atoms in total. The van der Waals surface area contributed by atoms with Gasteiger partial charge in [0.25, 0.3) is 0 Å². The number of hydrogen-bond acceptors (Lipinski definition) is 3. The summed E-state index contributed by atoms with van der Waals surface area (Å²) >= 11 is 1.65. The summed E-state index contributed by atoms with van der Waals surface area (Å²) in [7, 11) is 0. The third kappa shape index (κ3) is 3.50. The van der Waals surface area contributed by atoms with Crippen LogP contribution in [0.1, 0.15) is 37.8 Å². The molecule has 0 aromatic heterocycles. The van der Waals surface area contributed by atoms with Crippen LogP contribution in [0.2, 0.25) is 0 Å². The Balaban J connectivity index is 2.07. The zero-order valence-corrected chi connectivity index (χ0v) is 11.5. The van der Waals surface area contributed by atoms with Crippen LogP contribution in [0.4, 0.5) is 0 Å². The van der Waals surface area contributed by atoms with E-state index in [9.17, 15) is 4.79 Å². The second-order valence-corrected chi connectivity index (χ2v) is 6.03. The van der Waals surface area contributed by atoms with Crippen LogP contribution < -0.4 is 11.1 Å². The minimum absolute atomic E-state index is 0.0357. The molecule has 3 N–H and O–H groups in total. The summed E-state index contributed by atoms with van der Waals surface area (Å²) in [5.41, 5.74) is 7.00. The van der Waals surface area contributed by atoms with E-state index >= 15 is 0 Å². The molecule has 2 unspecified atom stereocenters. The van der Waals surface area contributed by atoms with Gasteiger partial charge in [-0.2, -0.15) is 0 Å². The van der Waals surface area contributed by atoms with Gasteiger partial charge in [0.2, 0.25) is 5.91 Å². The van der Waals surface area contributed by atoms with Crippen molar-refractivity contribution in [3.63, 3.8) is 0 Å². The van der Waals surface area contributed by atoms with Crippen LogP contribution in [0.5, 0.6) is 0 Å². The van der Waals surface area contributed by atoms with Crippen molar-refractivity contribution in [3.8, 4) is 0 Å². The number of nitrogens with two attached hydrogens (primary N) is 1. The molecule has 1 aliphatic rings. The lowest BCUT2D eigenvalue weighted by atomic mass is 10.1. The van der Waals surface area contributed by atoms with Gasteiger partial charge >= 0.3 is 0 Å². The van der Waals surface area contributed by atoms with Crippen LogP contribution in [-0.2, 0) is 4.79 Å². The standard InChI is InChI=1S/C14H20N2OS/c1-10(15)11-5-4-6-12(9-11)18-13-7-2-3-8-16-14(13)17/h4-6,9-10,13H,2-3,7-8,15H2,1H3,(H,16,17). The van der Waals surface area contributed by atoms with E-state index in [0.717, 1.165) is 36.3 Å². The Hall–Kier alpha value is -1.00. The molecule has 2 atom stereocenters. The van der Waals surface area contributed by atoms with E-state index in [1.807, 2.05) is 19.1 Å². The largest absolute Gasteiger partial charge is 0.355 e. The molecule has 0 radical (unpaired) electrons. The zero-order valence-electron chi connectivity index (χ0n) is 10.7. The maximum atomic E-state index is 11.9. The van der Waals surface area contributed by atoms with E-state index in [1.54, 1.807) is 11.8 Å². The molecule has 0 saturated carbocycles. The van der Waals surface area contributed by atoms with Gasteiger partial charge in [-0.3, -0.25) is 4.79 Å². The summed E-state index contributed by atoms with van der Waals surface area (Å²) in [5.74, 6) is 0.170. The summed E-state index contributed by atoms with van der Waals surface area (Å²) in [6.45, 7) is 2.79. The fraction of sp³-hybridized carbons (Fsp3) is 0.500. The van der Waals surface area contributed by atoms with E-state index in [1.165, 1.54) is 0 Å². The third-order valence-corrected chi connectivity index (χ3v) is 4.41. The first-order valence-corrected chi connectivity index (χ1v) is 7.34. The molecule has 1 fully saturated rings. The summed E-state index contributed by atoms with van der Waals surface area (Å²) in [6, 6.07) is 8.22. The minimum atomic E-state index is 0.0357. The highest BCUT2D eigenvalue weighted by molar-refractivity contribution is 8.00. The van der Waals surface area contributed by atoms with Gasteiger partial charge in [-0.25, -0.2) is 0 Å². The van der Waals surface area contributed by atoms with Crippen molar-refractivity contribution < 1.29 is 4.79 Å². The Morgan fingerprint density at radius 2 is 2.28 bits per heavy atom. The van der Waals surface area contributed by atoms with Crippen molar-refractivity contribution in [1.29, 1.82) is 0 Å². The molecule has 1 aromatic carbocycles. The summed E-state index contributed by atoms with van der Waals surface area (Å²) in [5, 5.41) is 3.01. The van der Waals surface area contributed by atoms with Gasteiger partial charge in [-0.15, -0.1) is 11.8 Å². The Morgan fingerprint density at radius 3 is 3.06 bits per heavy atom. The van der Waals surface area contributed by atoms with Crippen molar-refractivity contribution in [2.24, 2.45) is 5.73 Å². The van der Waals surface area contributed by atoms with Crippen molar-refractivity contribution >= 4 is 17.7 Å². The van der Waals surface area contributed by atoms with Crippen molar-refractivity contribution in [1.82, 2.24) is 5.32 Å². The molecule has 1 amide bonds. The topological polar surface area (TPSA) is 55.1 Å². The molecule has 0 spiro atoms. The minimum Gasteiger partial charge on any atom is -0.355 e. The van der Waals surface area contributed by atoms with E-state index in [0.29, 0.717) is 0 Å². The maximum absolute atomic E-state index is 11.9. The van der Waals surface area contributed by atoms with Gasteiger partial charge < -0.3 is 11.1 Å². The highest BCUT2D eigenvalue weighted by Gasteiger charge is 2.21. The van der Waals surface area contributed by atoms with E-state index in [-0.39, 0.29) is 17.2 Å². The third-order valence-electron chi connectivity index (χ3n) is 3.15. The Kier molecular flexibility index (Phi) is 4.66. The predicted octanol–water partition coefficient (Wildman–Crippen LogP) is 2.47. The molecule has 1 saturated heterocycles.